The summed E-state index contributed by atoms with van der Waals surface area (Å²) in [6, 6.07) is 12.7. The molecule has 2 aromatic carbocycles. The Morgan fingerprint density at radius 1 is 1.03 bits per heavy atom. The van der Waals surface area contributed by atoms with Gasteiger partial charge in [0.05, 0.1) is 13.2 Å². The van der Waals surface area contributed by atoms with Crippen molar-refractivity contribution in [3.63, 3.8) is 0 Å². The number of nitrogens with one attached hydrogen (secondary N) is 3. The molecule has 2 aromatic rings. The molecule has 2 atom stereocenters. The highest BCUT2D eigenvalue weighted by Crippen LogP contribution is 2.31. The van der Waals surface area contributed by atoms with Gasteiger partial charge in [-0.05, 0) is 67.0 Å². The Bertz CT molecular complexity index is 1140. The zero-order valence-corrected chi connectivity index (χ0v) is 22.6. The summed E-state index contributed by atoms with van der Waals surface area (Å²) >= 11 is 0. The minimum atomic E-state index is -0.304. The second-order valence-electron chi connectivity index (χ2n) is 10.9. The largest absolute Gasteiger partial charge is 0.493 e. The molecule has 0 saturated carbocycles. The number of benzene rings is 2. The highest BCUT2D eigenvalue weighted by molar-refractivity contribution is 5.79. The lowest BCUT2D eigenvalue weighted by Gasteiger charge is -2.38. The SMILES string of the molecule is O=C(C[C@@H]1CCN2C[C@@H]1CCCOc1ccc(N3CCNCC3)cc1CNCC2=O)NCc1cccc(F)c1. The number of amides is 2. The summed E-state index contributed by atoms with van der Waals surface area (Å²) in [6.45, 7) is 7.02. The molecular formula is C30H40FN5O3. The third-order valence-electron chi connectivity index (χ3n) is 8.17. The molecule has 5 rings (SSSR count). The molecule has 2 saturated heterocycles. The van der Waals surface area contributed by atoms with Crippen LogP contribution in [0.3, 0.4) is 0 Å². The summed E-state index contributed by atoms with van der Waals surface area (Å²) in [5.74, 6) is 1.08. The van der Waals surface area contributed by atoms with Gasteiger partial charge in [0.2, 0.25) is 11.8 Å². The molecule has 39 heavy (non-hydrogen) atoms. The van der Waals surface area contributed by atoms with Gasteiger partial charge in [-0.25, -0.2) is 4.39 Å². The predicted molar refractivity (Wildman–Crippen MR) is 149 cm³/mol. The molecule has 2 fully saturated rings. The quantitative estimate of drug-likeness (QED) is 0.544. The standard InChI is InChI=1S/C30H40FN5O3/c31-26-5-1-3-22(15-26)18-34-29(37)17-23-8-11-36-21-24(23)4-2-14-39-28-7-6-27(35-12-9-32-10-13-35)16-25(28)19-33-20-30(36)38/h1,3,5-7,15-16,23-24,32-33H,2,4,8-14,17-21H2,(H,34,37)/t23-,24-/m0/s1. The normalized spacial score (nSPS) is 22.5. The van der Waals surface area contributed by atoms with Gasteiger partial charge in [-0.15, -0.1) is 0 Å². The van der Waals surface area contributed by atoms with Crippen LogP contribution in [-0.2, 0) is 22.7 Å². The number of carbonyl (C=O) groups is 2. The highest BCUT2D eigenvalue weighted by Gasteiger charge is 2.32. The van der Waals surface area contributed by atoms with Gasteiger partial charge in [-0.3, -0.25) is 9.59 Å². The monoisotopic (exact) mass is 537 g/mol. The van der Waals surface area contributed by atoms with Crippen LogP contribution in [-0.4, -0.2) is 69.1 Å². The summed E-state index contributed by atoms with van der Waals surface area (Å²) in [4.78, 5) is 30.2. The van der Waals surface area contributed by atoms with E-state index in [1.54, 1.807) is 12.1 Å². The number of carbonyl (C=O) groups excluding carboxylic acids is 2. The van der Waals surface area contributed by atoms with E-state index in [2.05, 4.69) is 39.0 Å². The van der Waals surface area contributed by atoms with Gasteiger partial charge in [0, 0.05) is 70.0 Å². The van der Waals surface area contributed by atoms with Crippen LogP contribution in [0.5, 0.6) is 5.75 Å². The van der Waals surface area contributed by atoms with Crippen molar-refractivity contribution in [2.24, 2.45) is 11.8 Å². The van der Waals surface area contributed by atoms with Crippen molar-refractivity contribution >= 4 is 17.5 Å². The van der Waals surface area contributed by atoms with Crippen molar-refractivity contribution < 1.29 is 18.7 Å². The van der Waals surface area contributed by atoms with Crippen molar-refractivity contribution in [1.29, 1.82) is 0 Å². The smallest absolute Gasteiger partial charge is 0.236 e. The molecule has 210 valence electrons. The van der Waals surface area contributed by atoms with E-state index < -0.39 is 0 Å². The lowest BCUT2D eigenvalue weighted by atomic mass is 9.80. The van der Waals surface area contributed by atoms with Crippen molar-refractivity contribution in [2.45, 2.75) is 38.8 Å². The second-order valence-corrected chi connectivity index (χ2v) is 10.9. The Morgan fingerprint density at radius 3 is 2.74 bits per heavy atom. The number of piperazine rings is 1. The third kappa shape index (κ3) is 7.48. The van der Waals surface area contributed by atoms with Crippen molar-refractivity contribution in [3.8, 4) is 5.75 Å². The Labute approximate surface area is 230 Å². The van der Waals surface area contributed by atoms with E-state index in [4.69, 9.17) is 4.74 Å². The van der Waals surface area contributed by atoms with Gasteiger partial charge in [0.25, 0.3) is 0 Å². The maximum atomic E-state index is 13.5. The lowest BCUT2D eigenvalue weighted by Crippen LogP contribution is -2.47. The van der Waals surface area contributed by atoms with Gasteiger partial charge < -0.3 is 30.5 Å². The number of hydrogen-bond donors (Lipinski definition) is 3. The Hall–Kier alpha value is -3.17. The molecule has 2 bridgehead atoms. The number of ether oxygens (including phenoxy) is 1. The van der Waals surface area contributed by atoms with E-state index >= 15 is 0 Å². The topological polar surface area (TPSA) is 85.9 Å². The van der Waals surface area contributed by atoms with E-state index in [9.17, 15) is 14.0 Å². The Kier molecular flexibility index (Phi) is 9.32. The maximum Gasteiger partial charge on any atom is 0.236 e. The molecule has 8 nitrogen and oxygen atoms in total. The van der Waals surface area contributed by atoms with E-state index in [1.807, 2.05) is 4.90 Å². The maximum absolute atomic E-state index is 13.5. The summed E-state index contributed by atoms with van der Waals surface area (Å²) in [7, 11) is 0. The number of fused-ring (bicyclic) bond motifs is 3. The van der Waals surface area contributed by atoms with Gasteiger partial charge in [0.15, 0.2) is 0 Å². The molecule has 9 heteroatoms. The summed E-state index contributed by atoms with van der Waals surface area (Å²) in [5, 5.41) is 9.69. The minimum Gasteiger partial charge on any atom is -0.493 e. The first kappa shape index (κ1) is 27.4. The van der Waals surface area contributed by atoms with Gasteiger partial charge >= 0.3 is 0 Å². The van der Waals surface area contributed by atoms with Crippen LogP contribution in [0.4, 0.5) is 10.1 Å². The first-order chi connectivity index (χ1) is 19.0. The van der Waals surface area contributed by atoms with Crippen molar-refractivity contribution in [1.82, 2.24) is 20.9 Å². The molecular weight excluding hydrogens is 497 g/mol. The van der Waals surface area contributed by atoms with Crippen LogP contribution < -0.4 is 25.6 Å². The summed E-state index contributed by atoms with van der Waals surface area (Å²) < 4.78 is 19.7. The van der Waals surface area contributed by atoms with E-state index in [1.165, 1.54) is 17.8 Å². The number of halogens is 1. The summed E-state index contributed by atoms with van der Waals surface area (Å²) in [6.07, 6.45) is 2.98. The van der Waals surface area contributed by atoms with Crippen LogP contribution in [0.25, 0.3) is 0 Å². The van der Waals surface area contributed by atoms with Crippen LogP contribution in [0, 0.1) is 17.7 Å². The van der Waals surface area contributed by atoms with Crippen molar-refractivity contribution in [3.05, 3.63) is 59.4 Å². The minimum absolute atomic E-state index is 0.0286. The van der Waals surface area contributed by atoms with Gasteiger partial charge in [0.1, 0.15) is 11.6 Å². The number of hydrogen-bond acceptors (Lipinski definition) is 6. The third-order valence-corrected chi connectivity index (χ3v) is 8.17. The average Bonchev–Trinajstić information content (AvgIpc) is 2.96. The number of piperidine rings is 1. The molecule has 0 unspecified atom stereocenters. The van der Waals surface area contributed by atoms with Crippen LogP contribution in [0.1, 0.15) is 36.8 Å². The molecule has 0 aliphatic carbocycles. The molecule has 3 N–H and O–H groups in total. The first-order valence-corrected chi connectivity index (χ1v) is 14.3. The molecule has 0 aromatic heterocycles. The number of rotatable bonds is 5. The van der Waals surface area contributed by atoms with Crippen LogP contribution >= 0.6 is 0 Å². The van der Waals surface area contributed by atoms with Crippen LogP contribution in [0.15, 0.2) is 42.5 Å². The highest BCUT2D eigenvalue weighted by atomic mass is 19.1. The Balaban J connectivity index is 1.20. The average molecular weight is 538 g/mol. The molecule has 2 amide bonds. The fourth-order valence-electron chi connectivity index (χ4n) is 5.97. The Morgan fingerprint density at radius 2 is 1.90 bits per heavy atom. The fourth-order valence-corrected chi connectivity index (χ4v) is 5.97. The second kappa shape index (κ2) is 13.3. The zero-order chi connectivity index (χ0) is 27.0. The van der Waals surface area contributed by atoms with Gasteiger partial charge in [-0.2, -0.15) is 0 Å². The summed E-state index contributed by atoms with van der Waals surface area (Å²) in [5.41, 5.74) is 3.01. The predicted octanol–water partition coefficient (Wildman–Crippen LogP) is 2.67. The van der Waals surface area contributed by atoms with Gasteiger partial charge in [-0.1, -0.05) is 12.1 Å². The molecule has 3 aliphatic heterocycles. The molecule has 3 heterocycles. The number of nitrogens with zero attached hydrogens (tertiary/aromatic N) is 2. The van der Waals surface area contributed by atoms with E-state index in [0.717, 1.165) is 62.3 Å². The first-order valence-electron chi connectivity index (χ1n) is 14.3. The van der Waals surface area contributed by atoms with E-state index in [-0.39, 0.29) is 36.0 Å². The molecule has 0 spiro atoms. The molecule has 3 aliphatic rings. The fraction of sp³-hybridized carbons (Fsp3) is 0.533. The van der Waals surface area contributed by atoms with Crippen LogP contribution in [0.2, 0.25) is 0 Å². The van der Waals surface area contributed by atoms with Crippen molar-refractivity contribution in [2.75, 3.05) is 57.3 Å². The number of anilines is 1. The van der Waals surface area contributed by atoms with E-state index in [0.29, 0.717) is 39.2 Å². The zero-order valence-electron chi connectivity index (χ0n) is 22.6. The molecule has 0 radical (unpaired) electrons. The lowest BCUT2D eigenvalue weighted by molar-refractivity contribution is -0.133.